The molecular weight excluding hydrogens is 302 g/mol. The molecule has 0 heterocycles. The van der Waals surface area contributed by atoms with Crippen LogP contribution in [0.2, 0.25) is 0 Å². The van der Waals surface area contributed by atoms with Crippen molar-refractivity contribution in [3.63, 3.8) is 0 Å². The summed E-state index contributed by atoms with van der Waals surface area (Å²) in [4.78, 5) is 14.3. The molecule has 1 atom stereocenters. The molecule has 1 unspecified atom stereocenters. The molecule has 1 fully saturated rings. The standard InChI is InChI=1S/C16H25N3O2.ClH/c1-11-4-7-15(21-3)13(8-11)18-16(20)10-19(2)14(9-17)12-5-6-12;/h4,7-8,12,14H,5-6,9-10,17H2,1-3H3,(H,18,20);1H. The number of amides is 1. The average molecular weight is 328 g/mol. The Kier molecular flexibility index (Phi) is 7.13. The minimum absolute atomic E-state index is 0. The van der Waals surface area contributed by atoms with Crippen molar-refractivity contribution >= 4 is 24.0 Å². The first-order valence-corrected chi connectivity index (χ1v) is 7.40. The summed E-state index contributed by atoms with van der Waals surface area (Å²) in [5, 5.41) is 2.93. The predicted octanol–water partition coefficient (Wildman–Crippen LogP) is 2.03. The zero-order valence-electron chi connectivity index (χ0n) is 13.5. The first kappa shape index (κ1) is 18.7. The molecule has 1 aromatic carbocycles. The van der Waals surface area contributed by atoms with Crippen molar-refractivity contribution in [3.8, 4) is 5.75 Å². The third-order valence-electron chi connectivity index (χ3n) is 4.00. The Morgan fingerprint density at radius 2 is 2.18 bits per heavy atom. The Bertz CT molecular complexity index is 506. The van der Waals surface area contributed by atoms with Gasteiger partial charge in [-0.2, -0.15) is 0 Å². The Balaban J connectivity index is 0.00000242. The number of nitrogens with zero attached hydrogens (tertiary/aromatic N) is 1. The van der Waals surface area contributed by atoms with Gasteiger partial charge in [0.05, 0.1) is 19.3 Å². The highest BCUT2D eigenvalue weighted by Crippen LogP contribution is 2.34. The maximum absolute atomic E-state index is 12.2. The predicted molar refractivity (Wildman–Crippen MR) is 91.8 cm³/mol. The van der Waals surface area contributed by atoms with E-state index < -0.39 is 0 Å². The molecule has 0 radical (unpaired) electrons. The quantitative estimate of drug-likeness (QED) is 0.804. The van der Waals surface area contributed by atoms with Crippen LogP contribution >= 0.6 is 12.4 Å². The number of benzene rings is 1. The molecule has 1 aromatic rings. The van der Waals surface area contributed by atoms with Crippen molar-refractivity contribution in [2.75, 3.05) is 32.6 Å². The van der Waals surface area contributed by atoms with Gasteiger partial charge in [-0.3, -0.25) is 9.69 Å². The third kappa shape index (κ3) is 4.87. The molecule has 3 N–H and O–H groups in total. The Morgan fingerprint density at radius 3 is 2.73 bits per heavy atom. The number of hydrogen-bond acceptors (Lipinski definition) is 4. The highest BCUT2D eigenvalue weighted by molar-refractivity contribution is 5.93. The van der Waals surface area contributed by atoms with Gasteiger partial charge in [0, 0.05) is 12.6 Å². The third-order valence-corrected chi connectivity index (χ3v) is 4.00. The van der Waals surface area contributed by atoms with Crippen LogP contribution in [0.15, 0.2) is 18.2 Å². The van der Waals surface area contributed by atoms with Gasteiger partial charge >= 0.3 is 0 Å². The van der Waals surface area contributed by atoms with Gasteiger partial charge in [-0.1, -0.05) is 6.07 Å². The zero-order chi connectivity index (χ0) is 15.4. The maximum atomic E-state index is 12.2. The molecule has 1 saturated carbocycles. The number of carbonyl (C=O) groups is 1. The van der Waals surface area contributed by atoms with E-state index in [9.17, 15) is 4.79 Å². The lowest BCUT2D eigenvalue weighted by Crippen LogP contribution is -2.43. The monoisotopic (exact) mass is 327 g/mol. The molecule has 1 aliphatic rings. The van der Waals surface area contributed by atoms with Gasteiger partial charge in [-0.25, -0.2) is 0 Å². The second kappa shape index (κ2) is 8.36. The minimum Gasteiger partial charge on any atom is -0.495 e. The summed E-state index contributed by atoms with van der Waals surface area (Å²) in [7, 11) is 3.56. The van der Waals surface area contributed by atoms with E-state index in [1.807, 2.05) is 32.2 Å². The Morgan fingerprint density at radius 1 is 1.50 bits per heavy atom. The average Bonchev–Trinajstić information content (AvgIpc) is 3.24. The highest BCUT2D eigenvalue weighted by atomic mass is 35.5. The normalized spacial score (nSPS) is 15.1. The summed E-state index contributed by atoms with van der Waals surface area (Å²) < 4.78 is 5.27. The number of rotatable bonds is 7. The van der Waals surface area contributed by atoms with Gasteiger partial charge in [0.1, 0.15) is 5.75 Å². The number of aryl methyl sites for hydroxylation is 1. The van der Waals surface area contributed by atoms with E-state index in [1.165, 1.54) is 12.8 Å². The van der Waals surface area contributed by atoms with Crippen molar-refractivity contribution in [1.29, 1.82) is 0 Å². The molecule has 0 saturated heterocycles. The number of likely N-dealkylation sites (N-methyl/N-ethyl adjacent to an activating group) is 1. The summed E-state index contributed by atoms with van der Waals surface area (Å²) >= 11 is 0. The molecule has 1 amide bonds. The highest BCUT2D eigenvalue weighted by Gasteiger charge is 2.33. The summed E-state index contributed by atoms with van der Waals surface area (Å²) in [6.45, 7) is 2.93. The van der Waals surface area contributed by atoms with Crippen LogP contribution in [0, 0.1) is 12.8 Å². The zero-order valence-corrected chi connectivity index (χ0v) is 14.3. The van der Waals surface area contributed by atoms with Crippen LogP contribution in [0.5, 0.6) is 5.75 Å². The summed E-state index contributed by atoms with van der Waals surface area (Å²) in [6, 6.07) is 6.03. The van der Waals surface area contributed by atoms with E-state index in [4.69, 9.17) is 10.5 Å². The smallest absolute Gasteiger partial charge is 0.238 e. The van der Waals surface area contributed by atoms with E-state index in [-0.39, 0.29) is 18.3 Å². The molecule has 0 aromatic heterocycles. The van der Waals surface area contributed by atoms with Crippen molar-refractivity contribution in [1.82, 2.24) is 4.90 Å². The number of methoxy groups -OCH3 is 1. The Labute approximate surface area is 138 Å². The van der Waals surface area contributed by atoms with E-state index in [0.29, 0.717) is 36.5 Å². The van der Waals surface area contributed by atoms with E-state index >= 15 is 0 Å². The maximum Gasteiger partial charge on any atom is 0.238 e. The fourth-order valence-corrected chi connectivity index (χ4v) is 2.67. The van der Waals surface area contributed by atoms with Crippen molar-refractivity contribution in [2.24, 2.45) is 11.7 Å². The molecule has 22 heavy (non-hydrogen) atoms. The first-order chi connectivity index (χ1) is 10.0. The van der Waals surface area contributed by atoms with Crippen LogP contribution < -0.4 is 15.8 Å². The van der Waals surface area contributed by atoms with Gasteiger partial charge < -0.3 is 15.8 Å². The number of hydrogen-bond donors (Lipinski definition) is 2. The minimum atomic E-state index is -0.0412. The number of anilines is 1. The fourth-order valence-electron chi connectivity index (χ4n) is 2.67. The molecule has 0 spiro atoms. The van der Waals surface area contributed by atoms with Crippen LogP contribution in [-0.2, 0) is 4.79 Å². The molecule has 0 bridgehead atoms. The number of halogens is 1. The number of carbonyl (C=O) groups excluding carboxylic acids is 1. The molecule has 2 rings (SSSR count). The Hall–Kier alpha value is -1.30. The van der Waals surface area contributed by atoms with Gasteiger partial charge in [0.15, 0.2) is 0 Å². The number of ether oxygens (including phenoxy) is 1. The topological polar surface area (TPSA) is 67.6 Å². The molecule has 0 aliphatic heterocycles. The lowest BCUT2D eigenvalue weighted by Gasteiger charge is -2.26. The number of nitrogens with two attached hydrogens (primary N) is 1. The van der Waals surface area contributed by atoms with Crippen LogP contribution in [0.1, 0.15) is 18.4 Å². The van der Waals surface area contributed by atoms with Gasteiger partial charge in [-0.05, 0) is 50.4 Å². The van der Waals surface area contributed by atoms with Crippen LogP contribution in [0.3, 0.4) is 0 Å². The molecule has 124 valence electrons. The van der Waals surface area contributed by atoms with Crippen molar-refractivity contribution in [3.05, 3.63) is 23.8 Å². The summed E-state index contributed by atoms with van der Waals surface area (Å²) in [5.74, 6) is 1.29. The van der Waals surface area contributed by atoms with E-state index in [1.54, 1.807) is 7.11 Å². The number of nitrogens with one attached hydrogen (secondary N) is 1. The van der Waals surface area contributed by atoms with Crippen LogP contribution in [0.25, 0.3) is 0 Å². The summed E-state index contributed by atoms with van der Waals surface area (Å²) in [6.07, 6.45) is 2.44. The fraction of sp³-hybridized carbons (Fsp3) is 0.562. The molecule has 1 aliphatic carbocycles. The van der Waals surface area contributed by atoms with E-state index in [2.05, 4.69) is 10.2 Å². The lowest BCUT2D eigenvalue weighted by molar-refractivity contribution is -0.117. The van der Waals surface area contributed by atoms with Crippen molar-refractivity contribution in [2.45, 2.75) is 25.8 Å². The van der Waals surface area contributed by atoms with Crippen molar-refractivity contribution < 1.29 is 9.53 Å². The second-order valence-corrected chi connectivity index (χ2v) is 5.81. The first-order valence-electron chi connectivity index (χ1n) is 7.40. The largest absolute Gasteiger partial charge is 0.495 e. The summed E-state index contributed by atoms with van der Waals surface area (Å²) in [5.41, 5.74) is 7.61. The molecule has 6 heteroatoms. The molecular formula is C16H26ClN3O2. The van der Waals surface area contributed by atoms with Gasteiger partial charge in [-0.15, -0.1) is 12.4 Å². The second-order valence-electron chi connectivity index (χ2n) is 5.81. The van der Waals surface area contributed by atoms with Gasteiger partial charge in [0.2, 0.25) is 5.91 Å². The SMILES string of the molecule is COc1ccc(C)cc1NC(=O)CN(C)C(CN)C1CC1.Cl. The van der Waals surface area contributed by atoms with Gasteiger partial charge in [0.25, 0.3) is 0 Å². The molecule has 5 nitrogen and oxygen atoms in total. The van der Waals surface area contributed by atoms with E-state index in [0.717, 1.165) is 5.56 Å². The van der Waals surface area contributed by atoms with Crippen LogP contribution in [-0.4, -0.2) is 44.1 Å². The lowest BCUT2D eigenvalue weighted by atomic mass is 10.1. The van der Waals surface area contributed by atoms with Crippen LogP contribution in [0.4, 0.5) is 5.69 Å².